The van der Waals surface area contributed by atoms with Crippen LogP contribution in [-0.4, -0.2) is 24.5 Å². The number of hydrogen-bond acceptors (Lipinski definition) is 5. The van der Waals surface area contributed by atoms with E-state index in [-0.39, 0.29) is 20.9 Å². The van der Waals surface area contributed by atoms with Crippen LogP contribution in [0.1, 0.15) is 25.7 Å². The number of methoxy groups -OCH3 is 1. The molecule has 0 saturated heterocycles. The van der Waals surface area contributed by atoms with Gasteiger partial charge >= 0.3 is 5.97 Å². The summed E-state index contributed by atoms with van der Waals surface area (Å²) >= 11 is 1.71. The van der Waals surface area contributed by atoms with Crippen molar-refractivity contribution in [3.05, 3.63) is 31.6 Å². The van der Waals surface area contributed by atoms with Gasteiger partial charge in [-0.3, -0.25) is 14.9 Å². The summed E-state index contributed by atoms with van der Waals surface area (Å²) in [5.74, 6) is -0.743. The van der Waals surface area contributed by atoms with E-state index in [4.69, 9.17) is 0 Å². The van der Waals surface area contributed by atoms with Crippen molar-refractivity contribution < 1.29 is 18.8 Å². The van der Waals surface area contributed by atoms with Crippen molar-refractivity contribution in [2.75, 3.05) is 19.0 Å². The minimum atomic E-state index is -0.540. The van der Waals surface area contributed by atoms with Crippen molar-refractivity contribution in [3.63, 3.8) is 0 Å². The molecule has 0 aliphatic rings. The smallest absolute Gasteiger partial charge is 0.305 e. The zero-order valence-corrected chi connectivity index (χ0v) is 13.7. The SMILES string of the molecule is COC(=O)CCCCCNc1cc(F)c(I)cc1[N+](=O)[O-]. The van der Waals surface area contributed by atoms with E-state index in [1.165, 1.54) is 13.2 Å². The predicted octanol–water partition coefficient (Wildman–Crippen LogP) is 3.48. The van der Waals surface area contributed by atoms with Crippen molar-refractivity contribution in [2.24, 2.45) is 0 Å². The maximum absolute atomic E-state index is 13.5. The number of benzene rings is 1. The number of carbonyl (C=O) groups is 1. The fraction of sp³-hybridized carbons (Fsp3) is 0.462. The molecular weight excluding hydrogens is 394 g/mol. The van der Waals surface area contributed by atoms with E-state index in [0.29, 0.717) is 19.4 Å². The molecule has 1 aromatic rings. The molecule has 1 N–H and O–H groups in total. The van der Waals surface area contributed by atoms with Crippen LogP contribution in [0.3, 0.4) is 0 Å². The average Bonchev–Trinajstić information content (AvgIpc) is 2.45. The lowest BCUT2D eigenvalue weighted by molar-refractivity contribution is -0.384. The van der Waals surface area contributed by atoms with Gasteiger partial charge in [-0.2, -0.15) is 0 Å². The number of carbonyl (C=O) groups excluding carboxylic acids is 1. The molecule has 0 atom stereocenters. The Morgan fingerprint density at radius 2 is 2.14 bits per heavy atom. The summed E-state index contributed by atoms with van der Waals surface area (Å²) in [7, 11) is 1.34. The van der Waals surface area contributed by atoms with Crippen molar-refractivity contribution in [1.82, 2.24) is 0 Å². The summed E-state index contributed by atoms with van der Waals surface area (Å²) in [6.45, 7) is 0.474. The van der Waals surface area contributed by atoms with Crippen molar-refractivity contribution >= 4 is 39.9 Å². The topological polar surface area (TPSA) is 81.5 Å². The predicted molar refractivity (Wildman–Crippen MR) is 84.7 cm³/mol. The molecule has 0 aliphatic heterocycles. The summed E-state index contributed by atoms with van der Waals surface area (Å²) in [5.41, 5.74) is 0.0289. The molecule has 8 heteroatoms. The monoisotopic (exact) mass is 410 g/mol. The zero-order chi connectivity index (χ0) is 15.8. The Morgan fingerprint density at radius 1 is 1.43 bits per heavy atom. The number of ether oxygens (including phenoxy) is 1. The Morgan fingerprint density at radius 3 is 2.76 bits per heavy atom. The molecule has 0 unspecified atom stereocenters. The summed E-state index contributed by atoms with van der Waals surface area (Å²) in [4.78, 5) is 21.3. The maximum Gasteiger partial charge on any atom is 0.305 e. The second-order valence-electron chi connectivity index (χ2n) is 4.35. The first-order valence-corrected chi connectivity index (χ1v) is 7.47. The van der Waals surface area contributed by atoms with E-state index in [9.17, 15) is 19.3 Å². The molecule has 0 aromatic heterocycles. The number of halogens is 2. The van der Waals surface area contributed by atoms with Gasteiger partial charge in [-0.1, -0.05) is 6.42 Å². The molecule has 1 aromatic carbocycles. The number of nitrogens with zero attached hydrogens (tertiary/aromatic N) is 1. The normalized spacial score (nSPS) is 10.2. The van der Waals surface area contributed by atoms with Gasteiger partial charge in [0, 0.05) is 25.1 Å². The number of esters is 1. The summed E-state index contributed by atoms with van der Waals surface area (Å²) in [6.07, 6.45) is 2.55. The number of rotatable bonds is 8. The lowest BCUT2D eigenvalue weighted by atomic mass is 10.2. The first kappa shape index (κ1) is 17.6. The van der Waals surface area contributed by atoms with Gasteiger partial charge in [0.2, 0.25) is 0 Å². The van der Waals surface area contributed by atoms with E-state index in [2.05, 4.69) is 10.1 Å². The minimum absolute atomic E-state index is 0.143. The van der Waals surface area contributed by atoms with Gasteiger partial charge in [-0.05, 0) is 35.4 Å². The van der Waals surface area contributed by atoms with Crippen LogP contribution in [0.2, 0.25) is 0 Å². The molecule has 0 fully saturated rings. The van der Waals surface area contributed by atoms with Crippen LogP contribution >= 0.6 is 22.6 Å². The summed E-state index contributed by atoms with van der Waals surface area (Å²) < 4.78 is 18.2. The average molecular weight is 410 g/mol. The van der Waals surface area contributed by atoms with Crippen LogP contribution in [0.4, 0.5) is 15.8 Å². The molecule has 0 spiro atoms. The van der Waals surface area contributed by atoms with E-state index < -0.39 is 10.7 Å². The summed E-state index contributed by atoms with van der Waals surface area (Å²) in [5, 5.41) is 13.8. The lowest BCUT2D eigenvalue weighted by Crippen LogP contribution is -2.06. The van der Waals surface area contributed by atoms with Crippen LogP contribution in [0.15, 0.2) is 12.1 Å². The van der Waals surface area contributed by atoms with E-state index in [1.54, 1.807) is 22.6 Å². The van der Waals surface area contributed by atoms with Crippen LogP contribution in [0.25, 0.3) is 0 Å². The van der Waals surface area contributed by atoms with Crippen LogP contribution < -0.4 is 5.32 Å². The molecule has 0 radical (unpaired) electrons. The van der Waals surface area contributed by atoms with E-state index in [0.717, 1.165) is 18.9 Å². The Hall–Kier alpha value is -1.45. The number of unbranched alkanes of at least 4 members (excludes halogenated alkanes) is 2. The fourth-order valence-electron chi connectivity index (χ4n) is 1.73. The molecule has 0 bridgehead atoms. The highest BCUT2D eigenvalue weighted by molar-refractivity contribution is 14.1. The minimum Gasteiger partial charge on any atom is -0.469 e. The highest BCUT2D eigenvalue weighted by Crippen LogP contribution is 2.28. The van der Waals surface area contributed by atoms with Gasteiger partial charge < -0.3 is 10.1 Å². The van der Waals surface area contributed by atoms with Crippen molar-refractivity contribution in [2.45, 2.75) is 25.7 Å². The van der Waals surface area contributed by atoms with E-state index >= 15 is 0 Å². The third kappa shape index (κ3) is 5.82. The summed E-state index contributed by atoms with van der Waals surface area (Å²) in [6, 6.07) is 2.34. The van der Waals surface area contributed by atoms with Crippen LogP contribution in [0.5, 0.6) is 0 Å². The molecular formula is C13H16FIN2O4. The standard InChI is InChI=1S/C13H16FIN2O4/c1-21-13(18)5-3-2-4-6-16-11-7-9(14)10(15)8-12(11)17(19)20/h7-8,16H,2-6H2,1H3. The largest absolute Gasteiger partial charge is 0.469 e. The molecule has 21 heavy (non-hydrogen) atoms. The number of nitro groups is 1. The zero-order valence-electron chi connectivity index (χ0n) is 11.5. The Bertz CT molecular complexity index is 525. The second kappa shape index (κ2) is 8.75. The molecule has 1 rings (SSSR count). The fourth-order valence-corrected chi connectivity index (χ4v) is 2.18. The lowest BCUT2D eigenvalue weighted by Gasteiger charge is -2.08. The first-order chi connectivity index (χ1) is 9.95. The van der Waals surface area contributed by atoms with Gasteiger partial charge in [-0.15, -0.1) is 0 Å². The van der Waals surface area contributed by atoms with Gasteiger partial charge in [0.05, 0.1) is 15.6 Å². The number of anilines is 1. The number of nitrogens with one attached hydrogen (secondary N) is 1. The van der Waals surface area contributed by atoms with Gasteiger partial charge in [0.1, 0.15) is 11.5 Å². The molecule has 0 amide bonds. The Balaban J connectivity index is 2.46. The van der Waals surface area contributed by atoms with Crippen molar-refractivity contribution in [3.8, 4) is 0 Å². The molecule has 6 nitrogen and oxygen atoms in total. The molecule has 116 valence electrons. The third-order valence-corrected chi connectivity index (χ3v) is 3.66. The van der Waals surface area contributed by atoms with Gasteiger partial charge in [0.15, 0.2) is 0 Å². The van der Waals surface area contributed by atoms with Crippen LogP contribution in [-0.2, 0) is 9.53 Å². The highest BCUT2D eigenvalue weighted by atomic mass is 127. The molecule has 0 aliphatic carbocycles. The molecule has 0 heterocycles. The number of hydrogen-bond donors (Lipinski definition) is 1. The second-order valence-corrected chi connectivity index (χ2v) is 5.52. The van der Waals surface area contributed by atoms with Crippen molar-refractivity contribution in [1.29, 1.82) is 0 Å². The molecule has 0 saturated carbocycles. The van der Waals surface area contributed by atoms with Gasteiger partial charge in [0.25, 0.3) is 5.69 Å². The number of nitro benzene ring substituents is 1. The van der Waals surface area contributed by atoms with E-state index in [1.807, 2.05) is 0 Å². The maximum atomic E-state index is 13.5. The first-order valence-electron chi connectivity index (χ1n) is 6.40. The van der Waals surface area contributed by atoms with Crippen LogP contribution in [0, 0.1) is 19.5 Å². The third-order valence-electron chi connectivity index (χ3n) is 2.84. The Kier molecular flexibility index (Phi) is 7.34. The highest BCUT2D eigenvalue weighted by Gasteiger charge is 2.17. The van der Waals surface area contributed by atoms with Gasteiger partial charge in [-0.25, -0.2) is 4.39 Å². The Labute approximate surface area is 135 Å². The quantitative estimate of drug-likeness (QED) is 0.233.